The van der Waals surface area contributed by atoms with Crippen molar-refractivity contribution >= 4 is 28.9 Å². The van der Waals surface area contributed by atoms with Gasteiger partial charge in [0.25, 0.3) is 0 Å². The van der Waals surface area contributed by atoms with Crippen LogP contribution in [0.15, 0.2) is 36.7 Å². The van der Waals surface area contributed by atoms with E-state index in [0.29, 0.717) is 10.8 Å². The van der Waals surface area contributed by atoms with E-state index in [-0.39, 0.29) is 6.10 Å². The summed E-state index contributed by atoms with van der Waals surface area (Å²) in [6.07, 6.45) is 4.04. The van der Waals surface area contributed by atoms with Crippen molar-refractivity contribution < 1.29 is 4.74 Å². The fourth-order valence-electron chi connectivity index (χ4n) is 2.25. The third-order valence-corrected chi connectivity index (χ3v) is 3.67. The third kappa shape index (κ3) is 3.83. The number of anilines is 3. The molecule has 0 spiro atoms. The van der Waals surface area contributed by atoms with E-state index < -0.39 is 0 Å². The maximum Gasteiger partial charge on any atom is 0.135 e. The molecule has 1 atom stereocenters. The summed E-state index contributed by atoms with van der Waals surface area (Å²) >= 11 is 6.12. The Morgan fingerprint density at radius 3 is 2.90 bits per heavy atom. The highest BCUT2D eigenvalue weighted by Crippen LogP contribution is 2.24. The van der Waals surface area contributed by atoms with Crippen LogP contribution in [-0.2, 0) is 4.74 Å². The van der Waals surface area contributed by atoms with Crippen LogP contribution in [-0.4, -0.2) is 29.2 Å². The first-order valence-electron chi connectivity index (χ1n) is 7.00. The van der Waals surface area contributed by atoms with Gasteiger partial charge < -0.3 is 15.4 Å². The molecule has 0 saturated carbocycles. The fourth-order valence-corrected chi connectivity index (χ4v) is 2.43. The van der Waals surface area contributed by atoms with E-state index >= 15 is 0 Å². The lowest BCUT2D eigenvalue weighted by Crippen LogP contribution is -2.19. The first-order chi connectivity index (χ1) is 10.3. The number of benzene rings is 1. The predicted molar refractivity (Wildman–Crippen MR) is 84.2 cm³/mol. The summed E-state index contributed by atoms with van der Waals surface area (Å²) in [5.41, 5.74) is 0.822. The van der Waals surface area contributed by atoms with Gasteiger partial charge in [-0.25, -0.2) is 9.97 Å². The molecule has 0 amide bonds. The SMILES string of the molecule is Clc1ccccc1Nc1cc(NCC2CCCO2)ncn1. The second-order valence-electron chi connectivity index (χ2n) is 4.91. The average Bonchev–Trinajstić information content (AvgIpc) is 3.01. The van der Waals surface area contributed by atoms with Crippen LogP contribution < -0.4 is 10.6 Å². The van der Waals surface area contributed by atoms with Crippen LogP contribution in [0.2, 0.25) is 5.02 Å². The van der Waals surface area contributed by atoms with Crippen LogP contribution in [0.1, 0.15) is 12.8 Å². The maximum atomic E-state index is 6.12. The molecule has 1 unspecified atom stereocenters. The second-order valence-corrected chi connectivity index (χ2v) is 5.32. The Hall–Kier alpha value is -1.85. The van der Waals surface area contributed by atoms with Gasteiger partial charge in [-0.1, -0.05) is 23.7 Å². The highest BCUT2D eigenvalue weighted by atomic mass is 35.5. The molecule has 1 aliphatic heterocycles. The molecule has 2 heterocycles. The number of ether oxygens (including phenoxy) is 1. The smallest absolute Gasteiger partial charge is 0.135 e. The molecular weight excluding hydrogens is 288 g/mol. The summed E-state index contributed by atoms with van der Waals surface area (Å²) in [7, 11) is 0. The average molecular weight is 305 g/mol. The van der Waals surface area contributed by atoms with Gasteiger partial charge in [-0.2, -0.15) is 0 Å². The second kappa shape index (κ2) is 6.74. The Balaban J connectivity index is 1.64. The van der Waals surface area contributed by atoms with Gasteiger partial charge in [0.05, 0.1) is 16.8 Å². The van der Waals surface area contributed by atoms with Crippen molar-refractivity contribution in [3.05, 3.63) is 41.7 Å². The third-order valence-electron chi connectivity index (χ3n) is 3.34. The van der Waals surface area contributed by atoms with Crippen LogP contribution in [0.5, 0.6) is 0 Å². The number of para-hydroxylation sites is 1. The molecule has 21 heavy (non-hydrogen) atoms. The highest BCUT2D eigenvalue weighted by molar-refractivity contribution is 6.33. The Labute approximate surface area is 128 Å². The monoisotopic (exact) mass is 304 g/mol. The van der Waals surface area contributed by atoms with Gasteiger partial charge >= 0.3 is 0 Å². The van der Waals surface area contributed by atoms with Gasteiger partial charge in [-0.15, -0.1) is 0 Å². The van der Waals surface area contributed by atoms with Gasteiger partial charge in [0.1, 0.15) is 18.0 Å². The number of aromatic nitrogens is 2. The molecule has 0 radical (unpaired) electrons. The van der Waals surface area contributed by atoms with Gasteiger partial charge in [-0.05, 0) is 25.0 Å². The summed E-state index contributed by atoms with van der Waals surface area (Å²) in [6.45, 7) is 1.62. The predicted octanol–water partition coefficient (Wildman–Crippen LogP) is 3.46. The first-order valence-corrected chi connectivity index (χ1v) is 7.38. The van der Waals surface area contributed by atoms with E-state index in [1.807, 2.05) is 30.3 Å². The van der Waals surface area contributed by atoms with Gasteiger partial charge in [0.15, 0.2) is 0 Å². The maximum absolute atomic E-state index is 6.12. The van der Waals surface area contributed by atoms with E-state index in [4.69, 9.17) is 16.3 Å². The lowest BCUT2D eigenvalue weighted by Gasteiger charge is -2.12. The molecule has 1 aromatic carbocycles. The van der Waals surface area contributed by atoms with E-state index in [9.17, 15) is 0 Å². The zero-order valence-electron chi connectivity index (χ0n) is 11.6. The lowest BCUT2D eigenvalue weighted by atomic mass is 10.2. The van der Waals surface area contributed by atoms with E-state index in [1.165, 1.54) is 6.33 Å². The fraction of sp³-hybridized carbons (Fsp3) is 0.333. The number of nitrogens with zero attached hydrogens (tertiary/aromatic N) is 2. The largest absolute Gasteiger partial charge is 0.376 e. The van der Waals surface area contributed by atoms with E-state index in [0.717, 1.165) is 37.5 Å². The molecule has 6 heteroatoms. The Bertz CT molecular complexity index is 602. The molecule has 0 aliphatic carbocycles. The zero-order chi connectivity index (χ0) is 14.5. The summed E-state index contributed by atoms with van der Waals surface area (Å²) in [6, 6.07) is 9.41. The lowest BCUT2D eigenvalue weighted by molar-refractivity contribution is 0.120. The molecule has 110 valence electrons. The number of rotatable bonds is 5. The van der Waals surface area contributed by atoms with Crippen LogP contribution in [0, 0.1) is 0 Å². The zero-order valence-corrected chi connectivity index (χ0v) is 12.3. The van der Waals surface area contributed by atoms with Crippen molar-refractivity contribution in [3.63, 3.8) is 0 Å². The summed E-state index contributed by atoms with van der Waals surface area (Å²) in [5, 5.41) is 7.12. The molecule has 5 nitrogen and oxygen atoms in total. The molecule has 1 fully saturated rings. The first kappa shape index (κ1) is 14.1. The molecular formula is C15H17ClN4O. The number of hydrogen-bond donors (Lipinski definition) is 2. The molecule has 0 bridgehead atoms. The minimum absolute atomic E-state index is 0.278. The van der Waals surface area contributed by atoms with E-state index in [1.54, 1.807) is 0 Å². The molecule has 2 aromatic rings. The summed E-state index contributed by atoms with van der Waals surface area (Å²) in [5.74, 6) is 1.47. The van der Waals surface area contributed by atoms with Crippen molar-refractivity contribution in [2.75, 3.05) is 23.8 Å². The van der Waals surface area contributed by atoms with Crippen molar-refractivity contribution in [3.8, 4) is 0 Å². The van der Waals surface area contributed by atoms with Crippen molar-refractivity contribution in [2.24, 2.45) is 0 Å². The standard InChI is InChI=1S/C15H17ClN4O/c16-12-5-1-2-6-13(12)20-15-8-14(18-10-19-15)17-9-11-4-3-7-21-11/h1-2,5-6,8,10-11H,3-4,7,9H2,(H2,17,18,19,20). The molecule has 1 aromatic heterocycles. The Morgan fingerprint density at radius 2 is 2.10 bits per heavy atom. The molecule has 3 rings (SSSR count). The van der Waals surface area contributed by atoms with Crippen molar-refractivity contribution in [2.45, 2.75) is 18.9 Å². The highest BCUT2D eigenvalue weighted by Gasteiger charge is 2.15. The van der Waals surface area contributed by atoms with Gasteiger partial charge in [0, 0.05) is 19.2 Å². The Kier molecular flexibility index (Phi) is 4.52. The summed E-state index contributed by atoms with van der Waals surface area (Å²) < 4.78 is 5.58. The van der Waals surface area contributed by atoms with Crippen LogP contribution in [0.4, 0.5) is 17.3 Å². The normalized spacial score (nSPS) is 17.7. The van der Waals surface area contributed by atoms with Crippen LogP contribution >= 0.6 is 11.6 Å². The quantitative estimate of drug-likeness (QED) is 0.886. The molecule has 2 N–H and O–H groups in total. The van der Waals surface area contributed by atoms with E-state index in [2.05, 4.69) is 20.6 Å². The van der Waals surface area contributed by atoms with Crippen molar-refractivity contribution in [1.29, 1.82) is 0 Å². The van der Waals surface area contributed by atoms with Crippen LogP contribution in [0.3, 0.4) is 0 Å². The van der Waals surface area contributed by atoms with Crippen molar-refractivity contribution in [1.82, 2.24) is 9.97 Å². The molecule has 1 aliphatic rings. The van der Waals surface area contributed by atoms with Gasteiger partial charge in [-0.3, -0.25) is 0 Å². The van der Waals surface area contributed by atoms with Gasteiger partial charge in [0.2, 0.25) is 0 Å². The van der Waals surface area contributed by atoms with Crippen LogP contribution in [0.25, 0.3) is 0 Å². The topological polar surface area (TPSA) is 59.1 Å². The number of hydrogen-bond acceptors (Lipinski definition) is 5. The number of halogens is 1. The number of nitrogens with one attached hydrogen (secondary N) is 2. The minimum atomic E-state index is 0.278. The summed E-state index contributed by atoms with van der Waals surface area (Å²) in [4.78, 5) is 8.42. The molecule has 1 saturated heterocycles. The Morgan fingerprint density at radius 1 is 1.24 bits per heavy atom. The minimum Gasteiger partial charge on any atom is -0.376 e.